The molecular weight excluding hydrogens is 442 g/mol. The Morgan fingerprint density at radius 1 is 1.12 bits per heavy atom. The van der Waals surface area contributed by atoms with E-state index in [-0.39, 0.29) is 12.5 Å². The Balaban J connectivity index is 1.95. The zero-order valence-corrected chi connectivity index (χ0v) is 16.2. The second-order valence-electron chi connectivity index (χ2n) is 4.94. The van der Waals surface area contributed by atoms with Crippen molar-refractivity contribution in [2.24, 2.45) is 0 Å². The lowest BCUT2D eigenvalue weighted by atomic mass is 10.2. The van der Waals surface area contributed by atoms with Crippen LogP contribution in [0.1, 0.15) is 15.9 Å². The summed E-state index contributed by atoms with van der Waals surface area (Å²) in [7, 11) is 1.32. The van der Waals surface area contributed by atoms with E-state index in [0.717, 1.165) is 14.5 Å². The number of carbonyl (C=O) groups is 2. The first-order valence-electron chi connectivity index (χ1n) is 6.97. The van der Waals surface area contributed by atoms with Gasteiger partial charge in [-0.3, -0.25) is 4.79 Å². The first kappa shape index (κ1) is 18.5. The zero-order chi connectivity index (χ0) is 17.7. The highest BCUT2D eigenvalue weighted by molar-refractivity contribution is 9.11. The predicted molar refractivity (Wildman–Crippen MR) is 98.5 cm³/mol. The first-order chi connectivity index (χ1) is 11.4. The van der Waals surface area contributed by atoms with Crippen LogP contribution in [0, 0.1) is 6.92 Å². The molecule has 0 radical (unpaired) electrons. The minimum atomic E-state index is -0.424. The number of benzene rings is 2. The van der Waals surface area contributed by atoms with E-state index in [0.29, 0.717) is 17.0 Å². The Bertz CT molecular complexity index is 737. The van der Waals surface area contributed by atoms with Crippen molar-refractivity contribution in [3.63, 3.8) is 0 Å². The van der Waals surface area contributed by atoms with Gasteiger partial charge in [-0.2, -0.15) is 0 Å². The fourth-order valence-corrected chi connectivity index (χ4v) is 3.57. The van der Waals surface area contributed by atoms with Crippen LogP contribution in [0.3, 0.4) is 0 Å². The molecule has 0 aromatic heterocycles. The molecule has 0 atom stereocenters. The maximum Gasteiger partial charge on any atom is 0.337 e. The molecule has 24 heavy (non-hydrogen) atoms. The molecule has 0 saturated carbocycles. The zero-order valence-electron chi connectivity index (χ0n) is 13.1. The van der Waals surface area contributed by atoms with Gasteiger partial charge in [-0.05, 0) is 64.8 Å². The number of amides is 1. The van der Waals surface area contributed by atoms with Crippen LogP contribution in [0.15, 0.2) is 45.3 Å². The van der Waals surface area contributed by atoms with Gasteiger partial charge in [-0.25, -0.2) is 4.79 Å². The molecule has 1 N–H and O–H groups in total. The summed E-state index contributed by atoms with van der Waals surface area (Å²) in [5, 5.41) is 2.71. The molecule has 5 nitrogen and oxygen atoms in total. The van der Waals surface area contributed by atoms with Crippen molar-refractivity contribution >= 4 is 49.4 Å². The molecule has 2 rings (SSSR count). The van der Waals surface area contributed by atoms with E-state index in [1.165, 1.54) is 7.11 Å². The molecule has 0 heterocycles. The Morgan fingerprint density at radius 3 is 2.38 bits per heavy atom. The molecule has 7 heteroatoms. The van der Waals surface area contributed by atoms with Gasteiger partial charge in [0.05, 0.1) is 17.1 Å². The Morgan fingerprint density at radius 2 is 1.79 bits per heavy atom. The highest BCUT2D eigenvalue weighted by atomic mass is 79.9. The standard InChI is InChI=1S/C17H15Br2NO4/c1-10-7-12(18)8-14(19)16(10)24-9-15(21)20-13-5-3-11(4-6-13)17(22)23-2/h3-8H,9H2,1-2H3,(H,20,21). The van der Waals surface area contributed by atoms with E-state index >= 15 is 0 Å². The number of hydrogen-bond donors (Lipinski definition) is 1. The summed E-state index contributed by atoms with van der Waals surface area (Å²) in [6.07, 6.45) is 0. The monoisotopic (exact) mass is 455 g/mol. The third-order valence-electron chi connectivity index (χ3n) is 3.13. The van der Waals surface area contributed by atoms with Gasteiger partial charge in [-0.1, -0.05) is 15.9 Å². The summed E-state index contributed by atoms with van der Waals surface area (Å²) in [5.41, 5.74) is 1.90. The molecule has 0 fully saturated rings. The molecule has 0 aliphatic heterocycles. The minimum absolute atomic E-state index is 0.125. The number of carbonyl (C=O) groups excluding carboxylic acids is 2. The number of esters is 1. The topological polar surface area (TPSA) is 64.6 Å². The number of hydrogen-bond acceptors (Lipinski definition) is 4. The van der Waals surface area contributed by atoms with Crippen LogP contribution >= 0.6 is 31.9 Å². The summed E-state index contributed by atoms with van der Waals surface area (Å²) in [6, 6.07) is 10.2. The van der Waals surface area contributed by atoms with Crippen molar-refractivity contribution in [3.05, 3.63) is 56.5 Å². The second kappa shape index (κ2) is 8.30. The highest BCUT2D eigenvalue weighted by Crippen LogP contribution is 2.32. The van der Waals surface area contributed by atoms with E-state index in [1.54, 1.807) is 24.3 Å². The van der Waals surface area contributed by atoms with Crippen molar-refractivity contribution in [3.8, 4) is 5.75 Å². The molecule has 0 bridgehead atoms. The fourth-order valence-electron chi connectivity index (χ4n) is 2.01. The van der Waals surface area contributed by atoms with Crippen LogP contribution in [-0.4, -0.2) is 25.6 Å². The molecular formula is C17H15Br2NO4. The number of rotatable bonds is 5. The van der Waals surface area contributed by atoms with Crippen molar-refractivity contribution in [1.29, 1.82) is 0 Å². The maximum atomic E-state index is 12.0. The number of nitrogens with one attached hydrogen (secondary N) is 1. The lowest BCUT2D eigenvalue weighted by Crippen LogP contribution is -2.20. The van der Waals surface area contributed by atoms with Gasteiger partial charge in [-0.15, -0.1) is 0 Å². The van der Waals surface area contributed by atoms with Gasteiger partial charge in [0, 0.05) is 10.2 Å². The number of aryl methyl sites for hydroxylation is 1. The summed E-state index contributed by atoms with van der Waals surface area (Å²) in [6.45, 7) is 1.77. The lowest BCUT2D eigenvalue weighted by molar-refractivity contribution is -0.118. The van der Waals surface area contributed by atoms with E-state index in [9.17, 15) is 9.59 Å². The Hall–Kier alpha value is -1.86. The molecule has 2 aromatic carbocycles. The van der Waals surface area contributed by atoms with Crippen molar-refractivity contribution < 1.29 is 19.1 Å². The third kappa shape index (κ3) is 4.82. The van der Waals surface area contributed by atoms with Gasteiger partial charge in [0.15, 0.2) is 6.61 Å². The Kier molecular flexibility index (Phi) is 6.39. The summed E-state index contributed by atoms with van der Waals surface area (Å²) >= 11 is 6.81. The number of methoxy groups -OCH3 is 1. The first-order valence-corrected chi connectivity index (χ1v) is 8.56. The summed E-state index contributed by atoms with van der Waals surface area (Å²) < 4.78 is 11.9. The van der Waals surface area contributed by atoms with Crippen molar-refractivity contribution in [2.45, 2.75) is 6.92 Å². The van der Waals surface area contributed by atoms with Crippen LogP contribution in [0.5, 0.6) is 5.75 Å². The minimum Gasteiger partial charge on any atom is -0.482 e. The summed E-state index contributed by atoms with van der Waals surface area (Å²) in [4.78, 5) is 23.4. The smallest absolute Gasteiger partial charge is 0.337 e. The largest absolute Gasteiger partial charge is 0.482 e. The van der Waals surface area contributed by atoms with Crippen LogP contribution in [-0.2, 0) is 9.53 Å². The molecule has 1 amide bonds. The fraction of sp³-hybridized carbons (Fsp3) is 0.176. The number of ether oxygens (including phenoxy) is 2. The van der Waals surface area contributed by atoms with Gasteiger partial charge >= 0.3 is 5.97 Å². The Labute approximate surface area is 156 Å². The second-order valence-corrected chi connectivity index (χ2v) is 6.71. The molecule has 2 aromatic rings. The van der Waals surface area contributed by atoms with Crippen LogP contribution in [0.25, 0.3) is 0 Å². The van der Waals surface area contributed by atoms with Crippen LogP contribution < -0.4 is 10.1 Å². The SMILES string of the molecule is COC(=O)c1ccc(NC(=O)COc2c(C)cc(Br)cc2Br)cc1. The number of anilines is 1. The molecule has 0 unspecified atom stereocenters. The lowest BCUT2D eigenvalue weighted by Gasteiger charge is -2.12. The average Bonchev–Trinajstić information content (AvgIpc) is 2.53. The van der Waals surface area contributed by atoms with E-state index in [2.05, 4.69) is 41.9 Å². The molecule has 0 saturated heterocycles. The van der Waals surface area contributed by atoms with Gasteiger partial charge < -0.3 is 14.8 Å². The molecule has 0 aliphatic carbocycles. The van der Waals surface area contributed by atoms with Crippen molar-refractivity contribution in [1.82, 2.24) is 0 Å². The van der Waals surface area contributed by atoms with E-state index in [4.69, 9.17) is 4.74 Å². The molecule has 0 aliphatic rings. The van der Waals surface area contributed by atoms with Crippen LogP contribution in [0.2, 0.25) is 0 Å². The van der Waals surface area contributed by atoms with E-state index < -0.39 is 5.97 Å². The average molecular weight is 457 g/mol. The summed E-state index contributed by atoms with van der Waals surface area (Å²) in [5.74, 6) is -0.101. The predicted octanol–water partition coefficient (Wildman–Crippen LogP) is 4.32. The van der Waals surface area contributed by atoms with Crippen molar-refractivity contribution in [2.75, 3.05) is 19.0 Å². The molecule has 126 valence electrons. The molecule has 0 spiro atoms. The van der Waals surface area contributed by atoms with Crippen LogP contribution in [0.4, 0.5) is 5.69 Å². The van der Waals surface area contributed by atoms with Gasteiger partial charge in [0.25, 0.3) is 5.91 Å². The van der Waals surface area contributed by atoms with Gasteiger partial charge in [0.1, 0.15) is 5.75 Å². The number of halogens is 2. The quantitative estimate of drug-likeness (QED) is 0.680. The third-order valence-corrected chi connectivity index (χ3v) is 4.18. The van der Waals surface area contributed by atoms with E-state index in [1.807, 2.05) is 19.1 Å². The normalized spacial score (nSPS) is 10.2. The van der Waals surface area contributed by atoms with Gasteiger partial charge in [0.2, 0.25) is 0 Å². The maximum absolute atomic E-state index is 12.0. The highest BCUT2D eigenvalue weighted by Gasteiger charge is 2.10.